The summed E-state index contributed by atoms with van der Waals surface area (Å²) in [6, 6.07) is 8.18. The second-order valence-electron chi connectivity index (χ2n) is 10.1. The Labute approximate surface area is 217 Å². The van der Waals surface area contributed by atoms with E-state index < -0.39 is 11.7 Å². The molecular weight excluding hydrogens is 493 g/mol. The van der Waals surface area contributed by atoms with Gasteiger partial charge in [0.1, 0.15) is 17.7 Å². The van der Waals surface area contributed by atoms with Gasteiger partial charge in [0, 0.05) is 18.2 Å². The molecule has 2 N–H and O–H groups in total. The zero-order chi connectivity index (χ0) is 26.4. The van der Waals surface area contributed by atoms with E-state index in [9.17, 15) is 13.2 Å². The van der Waals surface area contributed by atoms with Crippen molar-refractivity contribution in [1.29, 1.82) is 0 Å². The number of aromatic nitrogens is 7. The summed E-state index contributed by atoms with van der Waals surface area (Å²) in [6.45, 7) is 4.57. The lowest BCUT2D eigenvalue weighted by molar-refractivity contribution is -0.0887. The minimum absolute atomic E-state index is 0.150. The molecule has 0 amide bonds. The number of anilines is 1. The third-order valence-corrected chi connectivity index (χ3v) is 7.12. The van der Waals surface area contributed by atoms with Crippen LogP contribution in [-0.4, -0.2) is 46.9 Å². The first-order valence-corrected chi connectivity index (χ1v) is 12.7. The highest BCUT2D eigenvalue weighted by Crippen LogP contribution is 2.37. The summed E-state index contributed by atoms with van der Waals surface area (Å²) >= 11 is 0. The molecule has 3 aromatic heterocycles. The summed E-state index contributed by atoms with van der Waals surface area (Å²) in [6.07, 6.45) is 3.78. The topological polar surface area (TPSA) is 97.2 Å². The lowest BCUT2D eigenvalue weighted by atomic mass is 9.96. The van der Waals surface area contributed by atoms with Crippen molar-refractivity contribution in [2.75, 3.05) is 5.32 Å². The van der Waals surface area contributed by atoms with Crippen LogP contribution in [0.2, 0.25) is 0 Å². The van der Waals surface area contributed by atoms with E-state index >= 15 is 0 Å². The van der Waals surface area contributed by atoms with Crippen LogP contribution in [0.5, 0.6) is 0 Å². The molecular formula is C27H27F3N8. The molecule has 2 aliphatic carbocycles. The van der Waals surface area contributed by atoms with Gasteiger partial charge in [-0.1, -0.05) is 42.0 Å². The van der Waals surface area contributed by atoms with Gasteiger partial charge >= 0.3 is 6.18 Å². The van der Waals surface area contributed by atoms with Crippen molar-refractivity contribution < 1.29 is 13.2 Å². The fourth-order valence-electron chi connectivity index (χ4n) is 4.91. The van der Waals surface area contributed by atoms with E-state index in [-0.39, 0.29) is 18.4 Å². The fourth-order valence-corrected chi connectivity index (χ4v) is 4.91. The van der Waals surface area contributed by atoms with Gasteiger partial charge in [-0.15, -0.1) is 0 Å². The van der Waals surface area contributed by atoms with Crippen LogP contribution in [0.3, 0.4) is 0 Å². The predicted octanol–water partition coefficient (Wildman–Crippen LogP) is 5.86. The molecule has 0 radical (unpaired) electrons. The van der Waals surface area contributed by atoms with Crippen LogP contribution in [0, 0.1) is 18.8 Å². The Kier molecular flexibility index (Phi) is 6.00. The van der Waals surface area contributed by atoms with Gasteiger partial charge in [0.15, 0.2) is 11.5 Å². The van der Waals surface area contributed by atoms with E-state index in [1.54, 1.807) is 6.08 Å². The Balaban J connectivity index is 1.49. The number of halogens is 3. The van der Waals surface area contributed by atoms with Crippen LogP contribution >= 0.6 is 0 Å². The smallest absolute Gasteiger partial charge is 0.365 e. The molecule has 3 heterocycles. The number of nitrogens with zero attached hydrogens (tertiary/aromatic N) is 6. The highest BCUT2D eigenvalue weighted by Gasteiger charge is 2.34. The molecule has 0 saturated heterocycles. The number of nitrogens with one attached hydrogen (secondary N) is 2. The molecule has 6 rings (SSSR count). The molecule has 0 bridgehead atoms. The number of hydrogen-bond acceptors (Lipinski definition) is 6. The summed E-state index contributed by atoms with van der Waals surface area (Å²) in [5, 5.41) is 10.4. The molecule has 1 unspecified atom stereocenters. The highest BCUT2D eigenvalue weighted by atomic mass is 19.4. The van der Waals surface area contributed by atoms with E-state index in [4.69, 9.17) is 15.0 Å². The van der Waals surface area contributed by atoms with Crippen molar-refractivity contribution in [3.8, 4) is 23.0 Å². The average Bonchev–Trinajstić information content (AvgIpc) is 3.47. The van der Waals surface area contributed by atoms with Crippen LogP contribution in [0.1, 0.15) is 31.7 Å². The Morgan fingerprint density at radius 1 is 1.16 bits per heavy atom. The van der Waals surface area contributed by atoms with E-state index in [1.807, 2.05) is 35.8 Å². The van der Waals surface area contributed by atoms with Crippen LogP contribution in [0.15, 0.2) is 54.4 Å². The van der Waals surface area contributed by atoms with Crippen LogP contribution in [0.4, 0.5) is 19.0 Å². The second-order valence-corrected chi connectivity index (χ2v) is 10.1. The normalized spacial score (nSPS) is 18.6. The Morgan fingerprint density at radius 2 is 2.00 bits per heavy atom. The average molecular weight is 521 g/mol. The number of H-pyrrole nitrogens is 1. The number of aryl methyl sites for hydroxylation is 1. The highest BCUT2D eigenvalue weighted by molar-refractivity contribution is 5.88. The first-order chi connectivity index (χ1) is 18.3. The minimum Gasteiger partial charge on any atom is -0.365 e. The molecule has 1 saturated carbocycles. The van der Waals surface area contributed by atoms with Gasteiger partial charge in [-0.25, -0.2) is 19.9 Å². The van der Waals surface area contributed by atoms with Crippen LogP contribution in [0.25, 0.3) is 34.2 Å². The summed E-state index contributed by atoms with van der Waals surface area (Å²) in [5.41, 5.74) is 2.56. The number of benzene rings is 1. The maximum atomic E-state index is 13.2. The number of hydrogen-bond donors (Lipinski definition) is 2. The van der Waals surface area contributed by atoms with Crippen molar-refractivity contribution in [2.24, 2.45) is 11.8 Å². The van der Waals surface area contributed by atoms with E-state index in [0.717, 1.165) is 24.0 Å². The van der Waals surface area contributed by atoms with Crippen molar-refractivity contribution in [3.63, 3.8) is 0 Å². The lowest BCUT2D eigenvalue weighted by Gasteiger charge is -2.21. The number of allylic oxidation sites excluding steroid dienone is 4. The van der Waals surface area contributed by atoms with Crippen molar-refractivity contribution >= 4 is 17.0 Å². The number of fused-ring (bicyclic) bond motifs is 1. The summed E-state index contributed by atoms with van der Waals surface area (Å²) < 4.78 is 41.6. The van der Waals surface area contributed by atoms with Gasteiger partial charge in [-0.2, -0.15) is 18.3 Å². The zero-order valence-corrected chi connectivity index (χ0v) is 21.0. The molecule has 4 aromatic rings. The number of aromatic amines is 1. The largest absolute Gasteiger partial charge is 0.416 e. The van der Waals surface area contributed by atoms with Crippen LogP contribution < -0.4 is 5.32 Å². The molecule has 8 nitrogen and oxygen atoms in total. The van der Waals surface area contributed by atoms with Gasteiger partial charge < -0.3 is 9.88 Å². The zero-order valence-electron chi connectivity index (χ0n) is 21.0. The number of imidazole rings is 1. The first-order valence-electron chi connectivity index (χ1n) is 12.7. The van der Waals surface area contributed by atoms with Crippen molar-refractivity contribution in [2.45, 2.75) is 51.9 Å². The summed E-state index contributed by atoms with van der Waals surface area (Å²) in [4.78, 5) is 18.7. The first kappa shape index (κ1) is 24.3. The monoisotopic (exact) mass is 520 g/mol. The third-order valence-electron chi connectivity index (χ3n) is 7.12. The number of alkyl halides is 3. The summed E-state index contributed by atoms with van der Waals surface area (Å²) in [5.74, 6) is 2.43. The second kappa shape index (κ2) is 9.38. The number of rotatable bonds is 7. The Hall–Kier alpha value is -4.02. The molecule has 1 aromatic carbocycles. The molecule has 0 aliphatic heterocycles. The quantitative estimate of drug-likeness (QED) is 0.317. The van der Waals surface area contributed by atoms with E-state index in [0.29, 0.717) is 46.9 Å². The molecule has 11 heteroatoms. The van der Waals surface area contributed by atoms with Crippen molar-refractivity contribution in [1.82, 2.24) is 34.7 Å². The predicted molar refractivity (Wildman–Crippen MR) is 138 cm³/mol. The van der Waals surface area contributed by atoms with Crippen LogP contribution in [-0.2, 0) is 6.54 Å². The van der Waals surface area contributed by atoms with Gasteiger partial charge in [0.2, 0.25) is 11.6 Å². The van der Waals surface area contributed by atoms with E-state index in [2.05, 4.69) is 27.4 Å². The van der Waals surface area contributed by atoms with Gasteiger partial charge in [0.05, 0.1) is 5.57 Å². The molecule has 0 spiro atoms. The molecule has 2 aliphatic rings. The standard InChI is InChI=1S/C27H27F3N8/c1-15-4-3-5-19(12-15)26-36-23-21(38(26)13-17-6-10-20(11-7-17)27(28,29)30)22(33-16(2)18-8-9-18)34-25(35-23)24-31-14-32-37-24/h3-6,10-12,14,16-18H,7-9,13H2,1-2H3,(H,31,32,37)(H,33,34,35)/t16-,17?/m1/s1. The Morgan fingerprint density at radius 3 is 2.66 bits per heavy atom. The molecule has 1 fully saturated rings. The van der Waals surface area contributed by atoms with Gasteiger partial charge in [0.25, 0.3) is 0 Å². The van der Waals surface area contributed by atoms with Gasteiger partial charge in [-0.3, -0.25) is 5.10 Å². The fraction of sp³-hybridized carbons (Fsp3) is 0.370. The Bertz CT molecular complexity index is 1530. The minimum atomic E-state index is -4.35. The molecule has 38 heavy (non-hydrogen) atoms. The van der Waals surface area contributed by atoms with Gasteiger partial charge in [-0.05, 0) is 51.0 Å². The maximum absolute atomic E-state index is 13.2. The molecule has 2 atom stereocenters. The van der Waals surface area contributed by atoms with E-state index in [1.165, 1.54) is 18.5 Å². The molecule has 196 valence electrons. The third kappa shape index (κ3) is 4.80. The summed E-state index contributed by atoms with van der Waals surface area (Å²) in [7, 11) is 0. The lowest BCUT2D eigenvalue weighted by Crippen LogP contribution is -2.20. The SMILES string of the molecule is Cc1cccc(-c2nc3nc(-c4nc[nH]n4)nc(N[C@H](C)C4CC4)c3n2CC2C=CC(C(F)(F)F)=CC2)c1. The van der Waals surface area contributed by atoms with Crippen molar-refractivity contribution in [3.05, 3.63) is 60.0 Å². The maximum Gasteiger partial charge on any atom is 0.416 e.